The van der Waals surface area contributed by atoms with E-state index in [1.165, 1.54) is 0 Å². The molecule has 0 bridgehead atoms. The van der Waals surface area contributed by atoms with Crippen molar-refractivity contribution in [2.24, 2.45) is 4.99 Å². The number of benzene rings is 2. The lowest BCUT2D eigenvalue weighted by Crippen LogP contribution is -2.03. The van der Waals surface area contributed by atoms with Gasteiger partial charge in [0.05, 0.1) is 17.1 Å². The van der Waals surface area contributed by atoms with E-state index in [4.69, 9.17) is 9.54 Å². The molecular formula is C28H23N7O2S. The number of nitrogens with zero attached hydrogens (tertiary/aromatic N) is 5. The third-order valence-corrected chi connectivity index (χ3v) is 6.92. The Morgan fingerprint density at radius 2 is 1.84 bits per heavy atom. The summed E-state index contributed by atoms with van der Waals surface area (Å²) in [5, 5.41) is 5.38. The van der Waals surface area contributed by atoms with Gasteiger partial charge in [0.25, 0.3) is 11.3 Å². The SMILES string of the molecule is Cc1ccc2c(Nc3cccc(NS(=O)O)c3)nccc2c1Cc1ncccc1-c1ncnc2c1N=CC2. The third-order valence-electron chi connectivity index (χ3n) is 6.51. The monoisotopic (exact) mass is 521 g/mol. The molecule has 0 saturated carbocycles. The molecule has 188 valence electrons. The van der Waals surface area contributed by atoms with Gasteiger partial charge < -0.3 is 5.32 Å². The average Bonchev–Trinajstić information content (AvgIpc) is 3.40. The van der Waals surface area contributed by atoms with Gasteiger partial charge in [0.2, 0.25) is 0 Å². The number of pyridine rings is 2. The molecule has 0 radical (unpaired) electrons. The first kappa shape index (κ1) is 23.8. The lowest BCUT2D eigenvalue weighted by atomic mass is 9.94. The Morgan fingerprint density at radius 1 is 0.947 bits per heavy atom. The van der Waals surface area contributed by atoms with E-state index in [2.05, 4.69) is 49.0 Å². The van der Waals surface area contributed by atoms with Gasteiger partial charge in [-0.1, -0.05) is 18.2 Å². The molecule has 0 spiro atoms. The molecule has 9 nitrogen and oxygen atoms in total. The maximum Gasteiger partial charge on any atom is 0.259 e. The van der Waals surface area contributed by atoms with Crippen LogP contribution in [0.5, 0.6) is 0 Å². The molecule has 6 rings (SSSR count). The van der Waals surface area contributed by atoms with Crippen molar-refractivity contribution in [2.45, 2.75) is 19.8 Å². The van der Waals surface area contributed by atoms with Crippen molar-refractivity contribution in [3.63, 3.8) is 0 Å². The predicted octanol–water partition coefficient (Wildman–Crippen LogP) is 5.54. The number of aromatic nitrogens is 4. The molecule has 0 fully saturated rings. The summed E-state index contributed by atoms with van der Waals surface area (Å²) in [4.78, 5) is 22.8. The van der Waals surface area contributed by atoms with E-state index in [0.29, 0.717) is 24.3 Å². The van der Waals surface area contributed by atoms with Gasteiger partial charge >= 0.3 is 0 Å². The van der Waals surface area contributed by atoms with Crippen molar-refractivity contribution in [3.8, 4) is 11.3 Å². The first-order valence-electron chi connectivity index (χ1n) is 12.0. The smallest absolute Gasteiger partial charge is 0.259 e. The minimum Gasteiger partial charge on any atom is -0.340 e. The van der Waals surface area contributed by atoms with Crippen molar-refractivity contribution in [1.29, 1.82) is 0 Å². The minimum atomic E-state index is -2.15. The van der Waals surface area contributed by atoms with E-state index in [0.717, 1.165) is 55.9 Å². The number of rotatable bonds is 7. The number of anilines is 3. The molecule has 0 saturated heterocycles. The van der Waals surface area contributed by atoms with Gasteiger partial charge in [0, 0.05) is 48.1 Å². The fourth-order valence-corrected chi connectivity index (χ4v) is 5.07. The predicted molar refractivity (Wildman–Crippen MR) is 151 cm³/mol. The zero-order chi connectivity index (χ0) is 26.1. The molecule has 2 aromatic carbocycles. The zero-order valence-electron chi connectivity index (χ0n) is 20.4. The molecule has 1 aliphatic rings. The molecule has 1 aliphatic heterocycles. The van der Waals surface area contributed by atoms with E-state index in [9.17, 15) is 4.21 Å². The number of fused-ring (bicyclic) bond motifs is 2. The Balaban J connectivity index is 1.39. The molecule has 3 aromatic heterocycles. The molecule has 1 unspecified atom stereocenters. The Bertz CT molecular complexity index is 1740. The molecule has 0 aliphatic carbocycles. The van der Waals surface area contributed by atoms with E-state index in [1.807, 2.05) is 30.5 Å². The topological polar surface area (TPSA) is 125 Å². The van der Waals surface area contributed by atoms with Crippen LogP contribution >= 0.6 is 0 Å². The molecular weight excluding hydrogens is 498 g/mol. The Hall–Kier alpha value is -4.54. The normalized spacial score (nSPS) is 12.9. The van der Waals surface area contributed by atoms with Gasteiger partial charge in [0.15, 0.2) is 0 Å². The quantitative estimate of drug-likeness (QED) is 0.240. The fraction of sp³-hybridized carbons (Fsp3) is 0.107. The van der Waals surface area contributed by atoms with Gasteiger partial charge in [-0.15, -0.1) is 0 Å². The third kappa shape index (κ3) is 4.62. The molecule has 4 heterocycles. The summed E-state index contributed by atoms with van der Waals surface area (Å²) >= 11 is -2.15. The summed E-state index contributed by atoms with van der Waals surface area (Å²) in [6, 6.07) is 17.3. The summed E-state index contributed by atoms with van der Waals surface area (Å²) in [5.74, 6) is 0.690. The second-order valence-electron chi connectivity index (χ2n) is 8.88. The second-order valence-corrected chi connectivity index (χ2v) is 9.58. The standard InChI is InChI=1S/C28H23N7O2S/c1-17-7-8-21-20(9-12-31-28(21)34-18-4-2-5-19(14-18)35-38(36)37)23(17)15-25-22(6-3-11-29-25)26-27-24(10-13-30-27)32-16-33-26/h2-9,11-14,16,35H,10,15H2,1H3,(H,31,34)(H,36,37). The van der Waals surface area contributed by atoms with Gasteiger partial charge in [-0.2, -0.15) is 0 Å². The zero-order valence-corrected chi connectivity index (χ0v) is 21.2. The Labute approximate surface area is 221 Å². The Kier molecular flexibility index (Phi) is 6.32. The van der Waals surface area contributed by atoms with Crippen LogP contribution in [-0.2, 0) is 24.1 Å². The first-order chi connectivity index (χ1) is 18.6. The van der Waals surface area contributed by atoms with Gasteiger partial charge in [-0.25, -0.2) is 19.2 Å². The summed E-state index contributed by atoms with van der Waals surface area (Å²) in [6.07, 6.45) is 8.36. The number of aryl methyl sites for hydroxylation is 1. The molecule has 1 atom stereocenters. The highest BCUT2D eigenvalue weighted by Crippen LogP contribution is 2.36. The Morgan fingerprint density at radius 3 is 2.74 bits per heavy atom. The number of nitrogens with one attached hydrogen (secondary N) is 2. The van der Waals surface area contributed by atoms with Crippen LogP contribution in [0.4, 0.5) is 22.9 Å². The highest BCUT2D eigenvalue weighted by Gasteiger charge is 2.19. The van der Waals surface area contributed by atoms with Gasteiger partial charge in [-0.3, -0.25) is 19.3 Å². The average molecular weight is 522 g/mol. The van der Waals surface area contributed by atoms with Crippen LogP contribution < -0.4 is 10.0 Å². The van der Waals surface area contributed by atoms with Crippen molar-refractivity contribution in [1.82, 2.24) is 19.9 Å². The summed E-state index contributed by atoms with van der Waals surface area (Å²) in [7, 11) is 0. The minimum absolute atomic E-state index is 0.524. The number of aliphatic imine (C=N–C) groups is 1. The maximum absolute atomic E-state index is 11.2. The molecule has 10 heteroatoms. The van der Waals surface area contributed by atoms with E-state index >= 15 is 0 Å². The summed E-state index contributed by atoms with van der Waals surface area (Å²) in [6.45, 7) is 2.10. The largest absolute Gasteiger partial charge is 0.340 e. The molecule has 0 amide bonds. The fourth-order valence-electron chi connectivity index (χ4n) is 4.74. The van der Waals surface area contributed by atoms with Crippen molar-refractivity contribution in [3.05, 3.63) is 95.8 Å². The highest BCUT2D eigenvalue weighted by molar-refractivity contribution is 7.80. The number of hydrogen-bond acceptors (Lipinski definition) is 7. The van der Waals surface area contributed by atoms with Gasteiger partial charge in [0.1, 0.15) is 23.5 Å². The van der Waals surface area contributed by atoms with Gasteiger partial charge in [-0.05, 0) is 59.8 Å². The van der Waals surface area contributed by atoms with E-state index < -0.39 is 11.3 Å². The van der Waals surface area contributed by atoms with Crippen LogP contribution in [0.1, 0.15) is 22.5 Å². The van der Waals surface area contributed by atoms with Crippen LogP contribution in [0, 0.1) is 6.92 Å². The van der Waals surface area contributed by atoms with Crippen LogP contribution in [0.25, 0.3) is 22.0 Å². The van der Waals surface area contributed by atoms with Crippen LogP contribution in [0.3, 0.4) is 0 Å². The second kappa shape index (κ2) is 10.1. The summed E-state index contributed by atoms with van der Waals surface area (Å²) < 4.78 is 22.8. The van der Waals surface area contributed by atoms with Crippen molar-refractivity contribution < 1.29 is 8.76 Å². The van der Waals surface area contributed by atoms with E-state index in [1.54, 1.807) is 36.9 Å². The molecule has 38 heavy (non-hydrogen) atoms. The highest BCUT2D eigenvalue weighted by atomic mass is 32.2. The molecule has 3 N–H and O–H groups in total. The molecule has 5 aromatic rings. The van der Waals surface area contributed by atoms with Crippen LogP contribution in [0.15, 0.2) is 78.3 Å². The number of hydrogen-bond donors (Lipinski definition) is 3. The maximum atomic E-state index is 11.2. The lowest BCUT2D eigenvalue weighted by molar-refractivity contribution is 0.570. The van der Waals surface area contributed by atoms with Crippen LogP contribution in [0.2, 0.25) is 0 Å². The first-order valence-corrected chi connectivity index (χ1v) is 13.1. The van der Waals surface area contributed by atoms with Crippen molar-refractivity contribution >= 4 is 51.1 Å². The van der Waals surface area contributed by atoms with Crippen molar-refractivity contribution in [2.75, 3.05) is 10.0 Å². The lowest BCUT2D eigenvalue weighted by Gasteiger charge is -2.16. The summed E-state index contributed by atoms with van der Waals surface area (Å²) in [5.41, 5.74) is 7.95. The van der Waals surface area contributed by atoms with E-state index in [-0.39, 0.29) is 0 Å². The van der Waals surface area contributed by atoms with Crippen LogP contribution in [-0.4, -0.2) is 34.9 Å².